The molecule has 28 heavy (non-hydrogen) atoms. The second-order valence-corrected chi connectivity index (χ2v) is 6.30. The van der Waals surface area contributed by atoms with Gasteiger partial charge in [-0.2, -0.15) is 13.2 Å². The van der Waals surface area contributed by atoms with Crippen molar-refractivity contribution in [2.75, 3.05) is 5.32 Å². The number of carbonyl (C=O) groups is 1. The first kappa shape index (κ1) is 17.9. The molecule has 4 rings (SSSR count). The van der Waals surface area contributed by atoms with E-state index in [9.17, 15) is 18.0 Å². The maximum Gasteiger partial charge on any atom is 0.416 e. The first-order valence-electron chi connectivity index (χ1n) is 8.51. The van der Waals surface area contributed by atoms with Gasteiger partial charge in [-0.1, -0.05) is 30.3 Å². The SMILES string of the molecule is O=C(Nc1cccc2c1N=C(c1cccc(C(F)(F)F)c1)C2)c1ccccn1. The fourth-order valence-electron chi connectivity index (χ4n) is 3.05. The number of hydrogen-bond acceptors (Lipinski definition) is 3. The predicted molar refractivity (Wildman–Crippen MR) is 100.0 cm³/mol. The molecule has 0 saturated carbocycles. The van der Waals surface area contributed by atoms with Crippen molar-refractivity contribution in [2.45, 2.75) is 12.6 Å². The summed E-state index contributed by atoms with van der Waals surface area (Å²) in [5, 5.41) is 2.78. The van der Waals surface area contributed by atoms with E-state index < -0.39 is 11.7 Å². The van der Waals surface area contributed by atoms with E-state index in [0.29, 0.717) is 29.1 Å². The molecule has 0 aliphatic carbocycles. The number of amides is 1. The Balaban J connectivity index is 1.65. The quantitative estimate of drug-likeness (QED) is 0.692. The van der Waals surface area contributed by atoms with E-state index in [2.05, 4.69) is 15.3 Å². The Kier molecular flexibility index (Phi) is 4.43. The highest BCUT2D eigenvalue weighted by Gasteiger charge is 2.31. The third kappa shape index (κ3) is 3.51. The number of aromatic nitrogens is 1. The topological polar surface area (TPSA) is 54.4 Å². The molecule has 0 bridgehead atoms. The number of pyridine rings is 1. The van der Waals surface area contributed by atoms with Gasteiger partial charge in [0.05, 0.1) is 22.6 Å². The molecular formula is C21H14F3N3O. The lowest BCUT2D eigenvalue weighted by Crippen LogP contribution is -2.13. The van der Waals surface area contributed by atoms with Crippen molar-refractivity contribution in [3.05, 3.63) is 89.2 Å². The Morgan fingerprint density at radius 3 is 2.57 bits per heavy atom. The fourth-order valence-corrected chi connectivity index (χ4v) is 3.05. The second-order valence-electron chi connectivity index (χ2n) is 6.30. The third-order valence-corrected chi connectivity index (χ3v) is 4.39. The largest absolute Gasteiger partial charge is 0.416 e. The number of halogens is 3. The number of nitrogens with one attached hydrogen (secondary N) is 1. The van der Waals surface area contributed by atoms with Crippen molar-refractivity contribution >= 4 is 23.0 Å². The van der Waals surface area contributed by atoms with E-state index in [-0.39, 0.29) is 11.6 Å². The molecule has 0 radical (unpaired) electrons. The van der Waals surface area contributed by atoms with E-state index in [1.807, 2.05) is 6.07 Å². The zero-order valence-electron chi connectivity index (χ0n) is 14.5. The standard InChI is InChI=1S/C21H14F3N3O/c22-21(23,24)15-7-3-5-13(11-15)18-12-14-6-4-9-16(19(14)26-18)27-20(28)17-8-1-2-10-25-17/h1-11H,12H2,(H,27,28). The Labute approximate surface area is 158 Å². The lowest BCUT2D eigenvalue weighted by Gasteiger charge is -2.08. The van der Waals surface area contributed by atoms with Crippen LogP contribution in [0, 0.1) is 0 Å². The summed E-state index contributed by atoms with van der Waals surface area (Å²) >= 11 is 0. The number of benzene rings is 2. The summed E-state index contributed by atoms with van der Waals surface area (Å²) in [6, 6.07) is 15.4. The van der Waals surface area contributed by atoms with Gasteiger partial charge in [-0.3, -0.25) is 9.78 Å². The minimum absolute atomic E-state index is 0.264. The van der Waals surface area contributed by atoms with Crippen LogP contribution in [0.4, 0.5) is 24.5 Å². The summed E-state index contributed by atoms with van der Waals surface area (Å²) in [4.78, 5) is 20.9. The first-order valence-corrected chi connectivity index (χ1v) is 8.51. The van der Waals surface area contributed by atoms with Crippen LogP contribution in [0.3, 0.4) is 0 Å². The highest BCUT2D eigenvalue weighted by atomic mass is 19.4. The van der Waals surface area contributed by atoms with Crippen LogP contribution in [0.5, 0.6) is 0 Å². The summed E-state index contributed by atoms with van der Waals surface area (Å²) in [6.45, 7) is 0. The summed E-state index contributed by atoms with van der Waals surface area (Å²) in [7, 11) is 0. The molecule has 1 aromatic heterocycles. The Morgan fingerprint density at radius 1 is 1.00 bits per heavy atom. The van der Waals surface area contributed by atoms with Gasteiger partial charge in [0.15, 0.2) is 0 Å². The zero-order chi connectivity index (χ0) is 19.7. The molecule has 0 spiro atoms. The van der Waals surface area contributed by atoms with Crippen LogP contribution in [0.1, 0.15) is 27.2 Å². The number of alkyl halides is 3. The van der Waals surface area contributed by atoms with Gasteiger partial charge in [0, 0.05) is 12.6 Å². The summed E-state index contributed by atoms with van der Waals surface area (Å²) < 4.78 is 39.0. The number of hydrogen-bond donors (Lipinski definition) is 1. The number of para-hydroxylation sites is 1. The predicted octanol–water partition coefficient (Wildman–Crippen LogP) is 5.03. The van der Waals surface area contributed by atoms with Gasteiger partial charge < -0.3 is 5.32 Å². The number of carbonyl (C=O) groups excluding carboxylic acids is 1. The lowest BCUT2D eigenvalue weighted by atomic mass is 10.0. The van der Waals surface area contributed by atoms with Crippen LogP contribution in [0.2, 0.25) is 0 Å². The third-order valence-electron chi connectivity index (χ3n) is 4.39. The fraction of sp³-hybridized carbons (Fsp3) is 0.0952. The van der Waals surface area contributed by atoms with Crippen molar-refractivity contribution < 1.29 is 18.0 Å². The Bertz CT molecular complexity index is 1080. The molecule has 0 unspecified atom stereocenters. The highest BCUT2D eigenvalue weighted by Crippen LogP contribution is 2.37. The normalized spacial score (nSPS) is 13.0. The monoisotopic (exact) mass is 381 g/mol. The van der Waals surface area contributed by atoms with Crippen molar-refractivity contribution in [1.29, 1.82) is 0 Å². The highest BCUT2D eigenvalue weighted by molar-refractivity contribution is 6.10. The zero-order valence-corrected chi connectivity index (χ0v) is 14.5. The molecule has 2 heterocycles. The summed E-state index contributed by atoms with van der Waals surface area (Å²) in [6.07, 6.45) is -2.50. The van der Waals surface area contributed by atoms with Crippen LogP contribution in [0.15, 0.2) is 71.9 Å². The maximum atomic E-state index is 13.0. The number of nitrogens with zero attached hydrogens (tertiary/aromatic N) is 2. The average Bonchev–Trinajstić information content (AvgIpc) is 3.13. The average molecular weight is 381 g/mol. The van der Waals surface area contributed by atoms with E-state index in [4.69, 9.17) is 0 Å². The van der Waals surface area contributed by atoms with Gasteiger partial charge in [0.2, 0.25) is 0 Å². The Hall–Kier alpha value is -3.48. The molecule has 1 aliphatic rings. The van der Waals surface area contributed by atoms with Gasteiger partial charge in [-0.25, -0.2) is 4.99 Å². The minimum atomic E-state index is -4.41. The summed E-state index contributed by atoms with van der Waals surface area (Å²) in [5.74, 6) is -0.378. The van der Waals surface area contributed by atoms with E-state index in [1.54, 1.807) is 36.4 Å². The van der Waals surface area contributed by atoms with Crippen LogP contribution >= 0.6 is 0 Å². The molecule has 0 atom stereocenters. The van der Waals surface area contributed by atoms with Gasteiger partial charge >= 0.3 is 6.18 Å². The van der Waals surface area contributed by atoms with E-state index in [1.165, 1.54) is 12.3 Å². The minimum Gasteiger partial charge on any atom is -0.319 e. The summed E-state index contributed by atoms with van der Waals surface area (Å²) in [5.41, 5.74) is 2.38. The van der Waals surface area contributed by atoms with Gasteiger partial charge in [0.25, 0.3) is 5.91 Å². The number of aliphatic imine (C=N–C) groups is 1. The van der Waals surface area contributed by atoms with Crippen LogP contribution in [-0.2, 0) is 12.6 Å². The molecule has 1 N–H and O–H groups in total. The Morgan fingerprint density at radius 2 is 1.82 bits per heavy atom. The smallest absolute Gasteiger partial charge is 0.319 e. The van der Waals surface area contributed by atoms with Gasteiger partial charge in [-0.15, -0.1) is 0 Å². The molecule has 1 aliphatic heterocycles. The molecule has 0 fully saturated rings. The van der Waals surface area contributed by atoms with Crippen molar-refractivity contribution in [1.82, 2.24) is 4.98 Å². The van der Waals surface area contributed by atoms with Crippen molar-refractivity contribution in [3.8, 4) is 0 Å². The van der Waals surface area contributed by atoms with E-state index >= 15 is 0 Å². The number of rotatable bonds is 3. The van der Waals surface area contributed by atoms with Crippen LogP contribution in [-0.4, -0.2) is 16.6 Å². The molecule has 3 aromatic rings. The maximum absolute atomic E-state index is 13.0. The number of anilines is 1. The van der Waals surface area contributed by atoms with E-state index in [0.717, 1.165) is 17.7 Å². The van der Waals surface area contributed by atoms with Crippen molar-refractivity contribution in [3.63, 3.8) is 0 Å². The molecule has 4 nitrogen and oxygen atoms in total. The molecule has 2 aromatic carbocycles. The van der Waals surface area contributed by atoms with Gasteiger partial charge in [0.1, 0.15) is 5.69 Å². The molecule has 0 saturated heterocycles. The molecular weight excluding hydrogens is 367 g/mol. The number of fused-ring (bicyclic) bond motifs is 1. The molecule has 7 heteroatoms. The molecule has 1 amide bonds. The second kappa shape index (κ2) is 6.92. The van der Waals surface area contributed by atoms with Crippen LogP contribution in [0.25, 0.3) is 0 Å². The lowest BCUT2D eigenvalue weighted by molar-refractivity contribution is -0.137. The first-order chi connectivity index (χ1) is 13.4. The van der Waals surface area contributed by atoms with Gasteiger partial charge in [-0.05, 0) is 41.5 Å². The van der Waals surface area contributed by atoms with Crippen LogP contribution < -0.4 is 5.32 Å². The molecule has 140 valence electrons. The van der Waals surface area contributed by atoms with Crippen molar-refractivity contribution in [2.24, 2.45) is 4.99 Å².